The fourth-order valence-corrected chi connectivity index (χ4v) is 2.31. The number of hydrogen-bond acceptors (Lipinski definition) is 3. The van der Waals surface area contributed by atoms with Crippen LogP contribution in [0, 0.1) is 12.3 Å². The summed E-state index contributed by atoms with van der Waals surface area (Å²) < 4.78 is 0. The maximum atomic E-state index is 11.6. The lowest BCUT2D eigenvalue weighted by atomic mass is 10.2. The average molecular weight is 298 g/mol. The van der Waals surface area contributed by atoms with Gasteiger partial charge in [-0.25, -0.2) is 4.79 Å². The number of benzene rings is 1. The summed E-state index contributed by atoms with van der Waals surface area (Å²) in [6, 6.07) is 6.06. The number of aliphatic carboxylic acids is 1. The Morgan fingerprint density at radius 1 is 1.47 bits per heavy atom. The summed E-state index contributed by atoms with van der Waals surface area (Å²) >= 11 is 7.18. The van der Waals surface area contributed by atoms with Gasteiger partial charge in [-0.15, -0.1) is 24.1 Å². The van der Waals surface area contributed by atoms with E-state index in [2.05, 4.69) is 11.2 Å². The molecule has 0 saturated carbocycles. The van der Waals surface area contributed by atoms with E-state index in [0.29, 0.717) is 5.02 Å². The number of terminal acetylenes is 1. The highest BCUT2D eigenvalue weighted by Crippen LogP contribution is 2.26. The summed E-state index contributed by atoms with van der Waals surface area (Å²) in [5, 5.41) is 11.8. The van der Waals surface area contributed by atoms with Crippen LogP contribution in [0.1, 0.15) is 6.42 Å². The van der Waals surface area contributed by atoms with E-state index in [9.17, 15) is 9.59 Å². The highest BCUT2D eigenvalue weighted by atomic mass is 35.5. The second-order valence-electron chi connectivity index (χ2n) is 3.59. The summed E-state index contributed by atoms with van der Waals surface area (Å²) in [6.45, 7) is 0. The molecule has 0 fully saturated rings. The summed E-state index contributed by atoms with van der Waals surface area (Å²) in [6.07, 6.45) is 5.00. The van der Waals surface area contributed by atoms with Crippen molar-refractivity contribution in [1.29, 1.82) is 0 Å². The van der Waals surface area contributed by atoms with E-state index in [1.165, 1.54) is 11.8 Å². The lowest BCUT2D eigenvalue weighted by Crippen LogP contribution is -2.41. The van der Waals surface area contributed by atoms with Crippen LogP contribution in [0.4, 0.5) is 0 Å². The van der Waals surface area contributed by atoms with Crippen molar-refractivity contribution in [3.8, 4) is 12.3 Å². The smallest absolute Gasteiger partial charge is 0.327 e. The number of nitrogens with one attached hydrogen (secondary N) is 1. The molecular formula is C13H12ClNO3S. The minimum atomic E-state index is -1.14. The quantitative estimate of drug-likeness (QED) is 0.623. The van der Waals surface area contributed by atoms with E-state index in [-0.39, 0.29) is 12.2 Å². The Morgan fingerprint density at radius 2 is 2.16 bits per heavy atom. The predicted octanol–water partition coefficient (Wildman–Crippen LogP) is 2.02. The van der Waals surface area contributed by atoms with Crippen LogP contribution >= 0.6 is 23.4 Å². The molecule has 4 nitrogen and oxygen atoms in total. The zero-order chi connectivity index (χ0) is 14.3. The van der Waals surface area contributed by atoms with Crippen molar-refractivity contribution in [2.75, 3.05) is 5.75 Å². The Kier molecular flexibility index (Phi) is 6.26. The predicted molar refractivity (Wildman–Crippen MR) is 75.2 cm³/mol. The van der Waals surface area contributed by atoms with Crippen LogP contribution in [0.2, 0.25) is 5.02 Å². The fraction of sp³-hybridized carbons (Fsp3) is 0.231. The van der Waals surface area contributed by atoms with Gasteiger partial charge in [-0.05, 0) is 12.1 Å². The fourth-order valence-electron chi connectivity index (χ4n) is 1.26. The Morgan fingerprint density at radius 3 is 2.74 bits per heavy atom. The summed E-state index contributed by atoms with van der Waals surface area (Å²) in [5.74, 6) is 0.755. The molecule has 0 saturated heterocycles. The molecule has 1 unspecified atom stereocenters. The monoisotopic (exact) mass is 297 g/mol. The Bertz CT molecular complexity index is 513. The van der Waals surface area contributed by atoms with Crippen LogP contribution in [-0.4, -0.2) is 28.8 Å². The lowest BCUT2D eigenvalue weighted by Gasteiger charge is -2.11. The van der Waals surface area contributed by atoms with E-state index in [4.69, 9.17) is 23.1 Å². The largest absolute Gasteiger partial charge is 0.480 e. The second-order valence-corrected chi connectivity index (χ2v) is 5.01. The summed E-state index contributed by atoms with van der Waals surface area (Å²) in [5.41, 5.74) is 0. The van der Waals surface area contributed by atoms with Gasteiger partial charge in [0.1, 0.15) is 6.04 Å². The first kappa shape index (κ1) is 15.4. The number of thioether (sulfide) groups is 1. The van der Waals surface area contributed by atoms with Gasteiger partial charge in [0.2, 0.25) is 5.91 Å². The number of rotatable bonds is 6. The number of halogens is 1. The lowest BCUT2D eigenvalue weighted by molar-refractivity contribution is -0.141. The zero-order valence-corrected chi connectivity index (χ0v) is 11.5. The third-order valence-corrected chi connectivity index (χ3v) is 3.67. The molecule has 19 heavy (non-hydrogen) atoms. The molecule has 0 radical (unpaired) electrons. The van der Waals surface area contributed by atoms with E-state index in [1.54, 1.807) is 18.2 Å². The molecule has 100 valence electrons. The number of carbonyl (C=O) groups is 2. The van der Waals surface area contributed by atoms with E-state index >= 15 is 0 Å². The molecule has 6 heteroatoms. The van der Waals surface area contributed by atoms with Crippen molar-refractivity contribution >= 4 is 35.2 Å². The SMILES string of the molecule is C#CCC(NC(=O)CSc1ccccc1Cl)C(=O)O. The molecule has 1 atom stereocenters. The summed E-state index contributed by atoms with van der Waals surface area (Å²) in [4.78, 5) is 23.2. The second kappa shape index (κ2) is 7.72. The third kappa shape index (κ3) is 5.25. The van der Waals surface area contributed by atoms with Gasteiger partial charge in [-0.3, -0.25) is 4.79 Å². The Hall–Kier alpha value is -1.64. The van der Waals surface area contributed by atoms with Crippen molar-refractivity contribution in [3.63, 3.8) is 0 Å². The molecule has 1 rings (SSSR count). The van der Waals surface area contributed by atoms with Gasteiger partial charge >= 0.3 is 5.97 Å². The molecule has 0 spiro atoms. The van der Waals surface area contributed by atoms with Gasteiger partial charge in [0, 0.05) is 11.3 Å². The van der Waals surface area contributed by atoms with Crippen LogP contribution in [0.15, 0.2) is 29.2 Å². The number of amides is 1. The molecule has 0 aliphatic carbocycles. The minimum absolute atomic E-state index is 0.0438. The number of carboxylic acid groups (broad SMARTS) is 1. The standard InChI is InChI=1S/C13H12ClNO3S/c1-2-5-10(13(17)18)15-12(16)8-19-11-7-4-3-6-9(11)14/h1,3-4,6-7,10H,5,8H2,(H,15,16)(H,17,18). The first-order chi connectivity index (χ1) is 9.04. The van der Waals surface area contributed by atoms with Crippen LogP contribution in [-0.2, 0) is 9.59 Å². The average Bonchev–Trinajstić information content (AvgIpc) is 2.37. The molecule has 1 amide bonds. The normalized spacial score (nSPS) is 11.4. The Balaban J connectivity index is 2.50. The number of carboxylic acids is 1. The maximum Gasteiger partial charge on any atom is 0.327 e. The van der Waals surface area contributed by atoms with E-state index in [1.807, 2.05) is 6.07 Å². The third-order valence-electron chi connectivity index (χ3n) is 2.15. The molecule has 0 aliphatic rings. The molecule has 1 aromatic carbocycles. The van der Waals surface area contributed by atoms with Gasteiger partial charge < -0.3 is 10.4 Å². The van der Waals surface area contributed by atoms with Crippen molar-refractivity contribution in [2.24, 2.45) is 0 Å². The topological polar surface area (TPSA) is 66.4 Å². The number of carbonyl (C=O) groups excluding carboxylic acids is 1. The maximum absolute atomic E-state index is 11.6. The molecule has 0 bridgehead atoms. The molecule has 0 aliphatic heterocycles. The first-order valence-electron chi connectivity index (χ1n) is 5.37. The molecular weight excluding hydrogens is 286 g/mol. The summed E-state index contributed by atoms with van der Waals surface area (Å²) in [7, 11) is 0. The Labute approximate surface area is 120 Å². The number of hydrogen-bond donors (Lipinski definition) is 2. The van der Waals surface area contributed by atoms with Crippen molar-refractivity contribution in [3.05, 3.63) is 29.3 Å². The van der Waals surface area contributed by atoms with Gasteiger partial charge in [0.05, 0.1) is 10.8 Å². The van der Waals surface area contributed by atoms with Gasteiger partial charge in [-0.2, -0.15) is 0 Å². The van der Waals surface area contributed by atoms with Crippen LogP contribution in [0.5, 0.6) is 0 Å². The van der Waals surface area contributed by atoms with E-state index in [0.717, 1.165) is 4.90 Å². The zero-order valence-electron chi connectivity index (χ0n) is 9.93. The molecule has 0 heterocycles. The van der Waals surface area contributed by atoms with Crippen molar-refractivity contribution in [1.82, 2.24) is 5.32 Å². The minimum Gasteiger partial charge on any atom is -0.480 e. The highest BCUT2D eigenvalue weighted by molar-refractivity contribution is 8.00. The van der Waals surface area contributed by atoms with E-state index < -0.39 is 17.9 Å². The van der Waals surface area contributed by atoms with Gasteiger partial charge in [0.25, 0.3) is 0 Å². The molecule has 1 aromatic rings. The highest BCUT2D eigenvalue weighted by Gasteiger charge is 2.18. The van der Waals surface area contributed by atoms with Gasteiger partial charge in [0.15, 0.2) is 0 Å². The van der Waals surface area contributed by atoms with Crippen LogP contribution < -0.4 is 5.32 Å². The van der Waals surface area contributed by atoms with Crippen molar-refractivity contribution in [2.45, 2.75) is 17.4 Å². The van der Waals surface area contributed by atoms with Crippen LogP contribution in [0.25, 0.3) is 0 Å². The van der Waals surface area contributed by atoms with Crippen LogP contribution in [0.3, 0.4) is 0 Å². The molecule has 2 N–H and O–H groups in total. The van der Waals surface area contributed by atoms with Crippen molar-refractivity contribution < 1.29 is 14.7 Å². The van der Waals surface area contributed by atoms with Gasteiger partial charge in [-0.1, -0.05) is 23.7 Å². The molecule has 0 aromatic heterocycles. The first-order valence-corrected chi connectivity index (χ1v) is 6.74.